The van der Waals surface area contributed by atoms with Crippen LogP contribution in [0.4, 0.5) is 0 Å². The molecule has 1 atom stereocenters. The van der Waals surface area contributed by atoms with Crippen LogP contribution in [0.2, 0.25) is 10.6 Å². The Balaban J connectivity index is 3.24. The molecule has 0 spiro atoms. The molecule has 20 heavy (non-hydrogen) atoms. The Bertz CT molecular complexity index is 413. The minimum Gasteiger partial charge on any atom is -0.108 e. The van der Waals surface area contributed by atoms with Crippen molar-refractivity contribution in [3.8, 4) is 0 Å². The largest absolute Gasteiger partial charge is 0.306 e. The molecular weight excluding hydrogens is 274 g/mol. The van der Waals surface area contributed by atoms with Gasteiger partial charge >= 0.3 is 14.1 Å². The fraction of sp³-hybridized carbons (Fsp3) is 0.556. The van der Waals surface area contributed by atoms with E-state index < -0.39 is 14.1 Å². The topological polar surface area (TPSA) is 0 Å². The van der Waals surface area contributed by atoms with E-state index in [2.05, 4.69) is 78.0 Å². The Morgan fingerprint density at radius 3 is 2.00 bits per heavy atom. The number of allylic oxidation sites excluding steroid dienone is 1. The lowest BCUT2D eigenvalue weighted by molar-refractivity contribution is 0.544. The normalized spacial score (nSPS) is 14.2. The molecule has 0 aromatic heterocycles. The molecule has 0 heterocycles. The van der Waals surface area contributed by atoms with Crippen molar-refractivity contribution in [1.82, 2.24) is 0 Å². The van der Waals surface area contributed by atoms with Crippen molar-refractivity contribution < 1.29 is 0 Å². The molecular formula is C18H30AlP. The maximum atomic E-state index is 2.62. The van der Waals surface area contributed by atoms with Crippen molar-refractivity contribution in [2.24, 2.45) is 5.41 Å². The Labute approximate surface area is 131 Å². The predicted octanol–water partition coefficient (Wildman–Crippen LogP) is 5.82. The average molecular weight is 304 g/mol. The molecule has 0 aliphatic carbocycles. The van der Waals surface area contributed by atoms with Crippen LogP contribution in [0.5, 0.6) is 0 Å². The molecule has 0 aliphatic rings. The van der Waals surface area contributed by atoms with Gasteiger partial charge in [-0.05, 0) is 16.9 Å². The minimum atomic E-state index is -0.762. The molecule has 1 unspecified atom stereocenters. The summed E-state index contributed by atoms with van der Waals surface area (Å²) in [6.45, 7) is 14.2. The standard InChI is InChI=1S/C14H20P.2C2H5.Al/c1-5-15(12-11-14(2,3)4)13-9-7-6-8-10-13;2*1-2;/h6-11H,5H2,1-4H3;2*1H2,2H3;. The van der Waals surface area contributed by atoms with E-state index in [1.807, 2.05) is 4.18 Å². The van der Waals surface area contributed by atoms with Crippen LogP contribution in [0, 0.1) is 5.41 Å². The molecule has 0 saturated heterocycles. The van der Waals surface area contributed by atoms with Gasteiger partial charge in [0, 0.05) is 0 Å². The SMILES string of the molecule is C[CH2][Al]([CH2]C)/[C](=C\C(C)(C)C)P(CC)c1ccccc1. The summed E-state index contributed by atoms with van der Waals surface area (Å²) in [6, 6.07) is 11.2. The monoisotopic (exact) mass is 304 g/mol. The zero-order chi connectivity index (χ0) is 15.2. The third-order valence-corrected chi connectivity index (χ3v) is 11.0. The molecule has 0 N–H and O–H groups in total. The van der Waals surface area contributed by atoms with E-state index >= 15 is 0 Å². The molecule has 0 radical (unpaired) electrons. The van der Waals surface area contributed by atoms with Crippen LogP contribution in [-0.4, -0.2) is 20.3 Å². The van der Waals surface area contributed by atoms with Gasteiger partial charge in [-0.15, -0.1) is 4.18 Å². The molecule has 2 heteroatoms. The highest BCUT2D eigenvalue weighted by Crippen LogP contribution is 2.47. The molecule has 0 saturated carbocycles. The third-order valence-electron chi connectivity index (χ3n) is 3.68. The molecule has 0 nitrogen and oxygen atoms in total. The second kappa shape index (κ2) is 8.39. The molecule has 110 valence electrons. The van der Waals surface area contributed by atoms with Crippen LogP contribution < -0.4 is 5.30 Å². The van der Waals surface area contributed by atoms with Gasteiger partial charge in [-0.2, -0.15) is 0 Å². The summed E-state index contributed by atoms with van der Waals surface area (Å²) in [6.07, 6.45) is 3.91. The van der Waals surface area contributed by atoms with Crippen molar-refractivity contribution in [3.63, 3.8) is 0 Å². The van der Waals surface area contributed by atoms with Gasteiger partial charge in [0.1, 0.15) is 0 Å². The Morgan fingerprint density at radius 1 is 1.05 bits per heavy atom. The van der Waals surface area contributed by atoms with Gasteiger partial charge in [-0.1, -0.05) is 96.4 Å². The molecule has 0 amide bonds. The van der Waals surface area contributed by atoms with Crippen LogP contribution in [0.25, 0.3) is 0 Å². The van der Waals surface area contributed by atoms with E-state index in [4.69, 9.17) is 0 Å². The maximum Gasteiger partial charge on any atom is 0.306 e. The van der Waals surface area contributed by atoms with Crippen LogP contribution >= 0.6 is 7.92 Å². The number of rotatable bonds is 6. The fourth-order valence-electron chi connectivity index (χ4n) is 2.69. The summed E-state index contributed by atoms with van der Waals surface area (Å²) in [5, 5.41) is 4.36. The average Bonchev–Trinajstić information content (AvgIpc) is 2.40. The van der Waals surface area contributed by atoms with Crippen molar-refractivity contribution >= 4 is 27.4 Å². The zero-order valence-electron chi connectivity index (χ0n) is 14.1. The quantitative estimate of drug-likeness (QED) is 0.459. The minimum absolute atomic E-state index is 0.110. The molecule has 1 aromatic rings. The van der Waals surface area contributed by atoms with Crippen LogP contribution in [0.15, 0.2) is 40.6 Å². The lowest BCUT2D eigenvalue weighted by Gasteiger charge is -2.28. The third kappa shape index (κ3) is 5.37. The highest BCUT2D eigenvalue weighted by atomic mass is 31.1. The lowest BCUT2D eigenvalue weighted by Crippen LogP contribution is -2.20. The number of benzene rings is 1. The van der Waals surface area contributed by atoms with Crippen LogP contribution in [0.1, 0.15) is 41.5 Å². The number of hydrogen-bond acceptors (Lipinski definition) is 0. The van der Waals surface area contributed by atoms with E-state index in [-0.39, 0.29) is 7.92 Å². The number of hydrogen-bond donors (Lipinski definition) is 0. The summed E-state index contributed by atoms with van der Waals surface area (Å²) < 4.78 is 1.85. The highest BCUT2D eigenvalue weighted by molar-refractivity contribution is 7.72. The van der Waals surface area contributed by atoms with Crippen molar-refractivity contribution in [3.05, 3.63) is 40.6 Å². The Kier molecular flexibility index (Phi) is 7.54. The second-order valence-corrected chi connectivity index (χ2v) is 13.2. The van der Waals surface area contributed by atoms with Gasteiger partial charge < -0.3 is 0 Å². The lowest BCUT2D eigenvalue weighted by atomic mass is 9.98. The first kappa shape index (κ1) is 18.0. The zero-order valence-corrected chi connectivity index (χ0v) is 16.2. The van der Waals surface area contributed by atoms with Crippen LogP contribution in [-0.2, 0) is 0 Å². The van der Waals surface area contributed by atoms with Crippen LogP contribution in [0.3, 0.4) is 0 Å². The summed E-state index contributed by atoms with van der Waals surface area (Å²) >= 11 is -0.762. The van der Waals surface area contributed by atoms with E-state index in [0.717, 1.165) is 0 Å². The summed E-state index contributed by atoms with van der Waals surface area (Å²) in [5.41, 5.74) is 0.301. The van der Waals surface area contributed by atoms with Gasteiger partial charge in [0.15, 0.2) is 0 Å². The Morgan fingerprint density at radius 2 is 1.60 bits per heavy atom. The van der Waals surface area contributed by atoms with E-state index in [0.29, 0.717) is 5.41 Å². The van der Waals surface area contributed by atoms with Gasteiger partial charge in [-0.25, -0.2) is 0 Å². The molecule has 0 fully saturated rings. The predicted molar refractivity (Wildman–Crippen MR) is 97.8 cm³/mol. The molecule has 0 aliphatic heterocycles. The first-order valence-electron chi connectivity index (χ1n) is 7.98. The molecule has 1 rings (SSSR count). The molecule has 0 bridgehead atoms. The second-order valence-electron chi connectivity index (χ2n) is 6.53. The molecule has 1 aromatic carbocycles. The van der Waals surface area contributed by atoms with Gasteiger partial charge in [0.2, 0.25) is 0 Å². The highest BCUT2D eigenvalue weighted by Gasteiger charge is 2.26. The summed E-state index contributed by atoms with van der Waals surface area (Å²) in [4.78, 5) is 0. The van der Waals surface area contributed by atoms with E-state index in [1.165, 1.54) is 16.7 Å². The van der Waals surface area contributed by atoms with Crippen molar-refractivity contribution in [2.45, 2.75) is 52.1 Å². The van der Waals surface area contributed by atoms with E-state index in [1.54, 1.807) is 5.30 Å². The van der Waals surface area contributed by atoms with Crippen molar-refractivity contribution in [1.29, 1.82) is 0 Å². The van der Waals surface area contributed by atoms with Gasteiger partial charge in [0.25, 0.3) is 0 Å². The first-order chi connectivity index (χ1) is 9.42. The van der Waals surface area contributed by atoms with Gasteiger partial charge in [-0.3, -0.25) is 0 Å². The maximum absolute atomic E-state index is 2.62. The first-order valence-corrected chi connectivity index (χ1v) is 11.7. The van der Waals surface area contributed by atoms with Gasteiger partial charge in [0.05, 0.1) is 0 Å². The summed E-state index contributed by atoms with van der Waals surface area (Å²) in [7, 11) is -0.110. The van der Waals surface area contributed by atoms with Crippen molar-refractivity contribution in [2.75, 3.05) is 6.16 Å². The smallest absolute Gasteiger partial charge is 0.108 e. The fourth-order valence-corrected chi connectivity index (χ4v) is 10.8. The van der Waals surface area contributed by atoms with E-state index in [9.17, 15) is 0 Å². The summed E-state index contributed by atoms with van der Waals surface area (Å²) in [5.74, 6) is 0. The Hall–Kier alpha value is -0.0775.